The standard InChI is InChI=1S/C14H18N4O.ClH/c1-9-7-18(8-11(9)15)14(19)13-10-5-3-4-6-12(10)17(2)16-13;/h3-6,9,11H,7-8,15H2,1-2H3;1H/t9-,11+;/m0./s1. The minimum Gasteiger partial charge on any atom is -0.335 e. The van der Waals surface area contributed by atoms with E-state index in [1.54, 1.807) is 4.68 Å². The van der Waals surface area contributed by atoms with Gasteiger partial charge < -0.3 is 10.6 Å². The third kappa shape index (κ3) is 2.27. The average molecular weight is 295 g/mol. The van der Waals surface area contributed by atoms with Gasteiger partial charge in [0.2, 0.25) is 0 Å². The van der Waals surface area contributed by atoms with Gasteiger partial charge >= 0.3 is 0 Å². The molecule has 3 rings (SSSR count). The van der Waals surface area contributed by atoms with Gasteiger partial charge in [0.25, 0.3) is 5.91 Å². The second kappa shape index (κ2) is 5.42. The van der Waals surface area contributed by atoms with E-state index in [9.17, 15) is 4.79 Å². The molecule has 108 valence electrons. The van der Waals surface area contributed by atoms with Gasteiger partial charge in [0, 0.05) is 31.6 Å². The summed E-state index contributed by atoms with van der Waals surface area (Å²) in [5.74, 6) is 0.329. The van der Waals surface area contributed by atoms with Gasteiger partial charge in [0.15, 0.2) is 5.69 Å². The number of nitrogens with two attached hydrogens (primary N) is 1. The molecule has 2 heterocycles. The smallest absolute Gasteiger partial charge is 0.275 e. The van der Waals surface area contributed by atoms with Gasteiger partial charge in [-0.3, -0.25) is 9.48 Å². The van der Waals surface area contributed by atoms with Crippen LogP contribution in [0, 0.1) is 5.92 Å². The minimum atomic E-state index is -0.0170. The zero-order valence-electron chi connectivity index (χ0n) is 11.6. The summed E-state index contributed by atoms with van der Waals surface area (Å²) in [6, 6.07) is 7.86. The first-order valence-electron chi connectivity index (χ1n) is 6.54. The van der Waals surface area contributed by atoms with Gasteiger partial charge in [-0.05, 0) is 12.0 Å². The Labute approximate surface area is 124 Å². The van der Waals surface area contributed by atoms with E-state index < -0.39 is 0 Å². The topological polar surface area (TPSA) is 64.2 Å². The molecule has 1 amide bonds. The second-order valence-corrected chi connectivity index (χ2v) is 5.34. The first-order valence-corrected chi connectivity index (χ1v) is 6.54. The molecule has 5 nitrogen and oxygen atoms in total. The number of hydrogen-bond acceptors (Lipinski definition) is 3. The Morgan fingerprint density at radius 1 is 1.35 bits per heavy atom. The van der Waals surface area contributed by atoms with Crippen LogP contribution in [0.4, 0.5) is 0 Å². The highest BCUT2D eigenvalue weighted by Gasteiger charge is 2.32. The molecule has 0 radical (unpaired) electrons. The van der Waals surface area contributed by atoms with E-state index in [0.29, 0.717) is 24.7 Å². The van der Waals surface area contributed by atoms with E-state index in [0.717, 1.165) is 10.9 Å². The summed E-state index contributed by atoms with van der Waals surface area (Å²) in [6.07, 6.45) is 0. The lowest BCUT2D eigenvalue weighted by Gasteiger charge is -2.14. The summed E-state index contributed by atoms with van der Waals surface area (Å²) in [4.78, 5) is 14.4. The number of nitrogens with zero attached hydrogens (tertiary/aromatic N) is 3. The molecule has 1 fully saturated rings. The summed E-state index contributed by atoms with van der Waals surface area (Å²) in [6.45, 7) is 3.41. The lowest BCUT2D eigenvalue weighted by Crippen LogP contribution is -2.32. The highest BCUT2D eigenvalue weighted by atomic mass is 35.5. The largest absolute Gasteiger partial charge is 0.335 e. The normalized spacial score (nSPS) is 22.1. The molecule has 1 aliphatic rings. The molecule has 1 aromatic heterocycles. The predicted octanol–water partition coefficient (Wildman–Crippen LogP) is 1.41. The summed E-state index contributed by atoms with van der Waals surface area (Å²) in [5, 5.41) is 5.27. The molecular formula is C14H19ClN4O. The molecule has 2 atom stereocenters. The molecule has 0 bridgehead atoms. The van der Waals surface area contributed by atoms with Crippen LogP contribution in [0.5, 0.6) is 0 Å². The number of halogens is 1. The maximum absolute atomic E-state index is 12.6. The number of hydrogen-bond donors (Lipinski definition) is 1. The molecule has 1 saturated heterocycles. The molecule has 1 aliphatic heterocycles. The molecule has 0 aliphatic carbocycles. The number of carbonyl (C=O) groups excluding carboxylic acids is 1. The minimum absolute atomic E-state index is 0. The highest BCUT2D eigenvalue weighted by Crippen LogP contribution is 2.22. The number of para-hydroxylation sites is 1. The van der Waals surface area contributed by atoms with E-state index in [2.05, 4.69) is 12.0 Å². The summed E-state index contributed by atoms with van der Waals surface area (Å²) in [5.41, 5.74) is 7.48. The Morgan fingerprint density at radius 2 is 2.05 bits per heavy atom. The predicted molar refractivity (Wildman–Crippen MR) is 81.0 cm³/mol. The Morgan fingerprint density at radius 3 is 2.70 bits per heavy atom. The lowest BCUT2D eigenvalue weighted by molar-refractivity contribution is 0.0782. The highest BCUT2D eigenvalue weighted by molar-refractivity contribution is 6.04. The second-order valence-electron chi connectivity index (χ2n) is 5.34. The van der Waals surface area contributed by atoms with Crippen LogP contribution in [0.2, 0.25) is 0 Å². The van der Waals surface area contributed by atoms with Crippen molar-refractivity contribution in [3.8, 4) is 0 Å². The van der Waals surface area contributed by atoms with Crippen molar-refractivity contribution in [1.29, 1.82) is 0 Å². The van der Waals surface area contributed by atoms with E-state index in [1.807, 2.05) is 36.2 Å². The molecule has 0 saturated carbocycles. The third-order valence-corrected chi connectivity index (χ3v) is 3.92. The lowest BCUT2D eigenvalue weighted by atomic mass is 10.1. The van der Waals surface area contributed by atoms with Gasteiger partial charge in [-0.15, -0.1) is 12.4 Å². The van der Waals surface area contributed by atoms with Crippen molar-refractivity contribution in [2.45, 2.75) is 13.0 Å². The average Bonchev–Trinajstić information content (AvgIpc) is 2.91. The molecule has 0 unspecified atom stereocenters. The zero-order chi connectivity index (χ0) is 13.6. The molecule has 2 aromatic rings. The van der Waals surface area contributed by atoms with Gasteiger partial charge in [-0.2, -0.15) is 5.10 Å². The van der Waals surface area contributed by atoms with E-state index in [-0.39, 0.29) is 24.4 Å². The van der Waals surface area contributed by atoms with E-state index in [4.69, 9.17) is 5.73 Å². The maximum atomic E-state index is 12.6. The van der Waals surface area contributed by atoms with Crippen molar-refractivity contribution >= 4 is 29.2 Å². The Kier molecular flexibility index (Phi) is 4.01. The fraction of sp³-hybridized carbons (Fsp3) is 0.429. The van der Waals surface area contributed by atoms with Crippen molar-refractivity contribution < 1.29 is 4.79 Å². The fourth-order valence-electron chi connectivity index (χ4n) is 2.68. The summed E-state index contributed by atoms with van der Waals surface area (Å²) in [7, 11) is 1.86. The van der Waals surface area contributed by atoms with Crippen LogP contribution in [0.3, 0.4) is 0 Å². The van der Waals surface area contributed by atoms with Gasteiger partial charge in [0.1, 0.15) is 0 Å². The Hall–Kier alpha value is -1.59. The van der Waals surface area contributed by atoms with Crippen molar-refractivity contribution in [1.82, 2.24) is 14.7 Å². The SMILES string of the molecule is C[C@H]1CN(C(=O)c2nn(C)c3ccccc23)C[C@H]1N.Cl. The van der Waals surface area contributed by atoms with Crippen molar-refractivity contribution in [3.05, 3.63) is 30.0 Å². The summed E-state index contributed by atoms with van der Waals surface area (Å²) >= 11 is 0. The number of likely N-dealkylation sites (tertiary alicyclic amines) is 1. The maximum Gasteiger partial charge on any atom is 0.275 e. The van der Waals surface area contributed by atoms with Crippen LogP contribution in [0.1, 0.15) is 17.4 Å². The number of benzene rings is 1. The van der Waals surface area contributed by atoms with Gasteiger partial charge in [-0.25, -0.2) is 0 Å². The number of fused-ring (bicyclic) bond motifs is 1. The van der Waals surface area contributed by atoms with E-state index >= 15 is 0 Å². The monoisotopic (exact) mass is 294 g/mol. The molecule has 2 N–H and O–H groups in total. The van der Waals surface area contributed by atoms with Gasteiger partial charge in [0.05, 0.1) is 5.52 Å². The molecule has 6 heteroatoms. The number of rotatable bonds is 1. The number of aromatic nitrogens is 2. The number of aryl methyl sites for hydroxylation is 1. The van der Waals surface area contributed by atoms with Crippen LogP contribution in [-0.4, -0.2) is 39.7 Å². The first kappa shape index (κ1) is 14.8. The Bertz CT molecular complexity index is 629. The first-order chi connectivity index (χ1) is 9.08. The molecule has 1 aromatic carbocycles. The zero-order valence-corrected chi connectivity index (χ0v) is 12.4. The van der Waals surface area contributed by atoms with Crippen molar-refractivity contribution in [3.63, 3.8) is 0 Å². The number of carbonyl (C=O) groups is 1. The van der Waals surface area contributed by atoms with Crippen LogP contribution in [0.25, 0.3) is 10.9 Å². The third-order valence-electron chi connectivity index (χ3n) is 3.92. The van der Waals surface area contributed by atoms with Crippen LogP contribution in [0.15, 0.2) is 24.3 Å². The van der Waals surface area contributed by atoms with Crippen molar-refractivity contribution in [2.24, 2.45) is 18.7 Å². The fourth-order valence-corrected chi connectivity index (χ4v) is 2.68. The van der Waals surface area contributed by atoms with Crippen LogP contribution < -0.4 is 5.73 Å². The van der Waals surface area contributed by atoms with Gasteiger partial charge in [-0.1, -0.05) is 25.1 Å². The summed E-state index contributed by atoms with van der Waals surface area (Å²) < 4.78 is 1.75. The quantitative estimate of drug-likeness (QED) is 0.865. The molecular weight excluding hydrogens is 276 g/mol. The van der Waals surface area contributed by atoms with Crippen LogP contribution in [-0.2, 0) is 7.05 Å². The van der Waals surface area contributed by atoms with E-state index in [1.165, 1.54) is 0 Å². The molecule has 20 heavy (non-hydrogen) atoms. The van der Waals surface area contributed by atoms with Crippen LogP contribution >= 0.6 is 12.4 Å². The molecule has 0 spiro atoms. The Balaban J connectivity index is 0.00000147. The van der Waals surface area contributed by atoms with Crippen molar-refractivity contribution in [2.75, 3.05) is 13.1 Å². The number of amides is 1.